The molecule has 1 aromatic rings. The van der Waals surface area contributed by atoms with Crippen LogP contribution in [-0.2, 0) is 14.3 Å². The summed E-state index contributed by atoms with van der Waals surface area (Å²) in [5, 5.41) is 0. The summed E-state index contributed by atoms with van der Waals surface area (Å²) in [6, 6.07) is 9.16. The Kier molecular flexibility index (Phi) is 8.72. The standard InChI is InChI=1S/C15H23IO3S/c1-2-3-4-5-6-10-13-19-20(17,18)15(16)14-11-8-7-9-12-14/h7-9,11-12,15H,2-6,10,13H2,1H3. The van der Waals surface area contributed by atoms with Crippen LogP contribution in [0.1, 0.15) is 54.3 Å². The largest absolute Gasteiger partial charge is 0.283 e. The van der Waals surface area contributed by atoms with Crippen molar-refractivity contribution in [3.8, 4) is 0 Å². The fourth-order valence-corrected chi connectivity index (χ4v) is 3.70. The predicted molar refractivity (Wildman–Crippen MR) is 91.5 cm³/mol. The molecule has 1 unspecified atom stereocenters. The molecular formula is C15H23IO3S. The van der Waals surface area contributed by atoms with Gasteiger partial charge < -0.3 is 0 Å². The van der Waals surface area contributed by atoms with E-state index < -0.39 is 13.4 Å². The molecule has 0 fully saturated rings. The molecule has 1 atom stereocenters. The third-order valence-corrected chi connectivity index (χ3v) is 6.92. The van der Waals surface area contributed by atoms with Crippen molar-refractivity contribution in [2.75, 3.05) is 6.61 Å². The second-order valence-corrected chi connectivity index (χ2v) is 8.59. The SMILES string of the molecule is CCCCCCCCOS(=O)(=O)C(I)c1ccccc1. The molecule has 0 radical (unpaired) electrons. The first-order valence-corrected chi connectivity index (χ1v) is 9.87. The van der Waals surface area contributed by atoms with E-state index in [1.165, 1.54) is 19.3 Å². The first-order chi connectivity index (χ1) is 9.58. The zero-order chi connectivity index (χ0) is 14.8. The van der Waals surface area contributed by atoms with Crippen molar-refractivity contribution in [2.24, 2.45) is 0 Å². The molecular weight excluding hydrogens is 387 g/mol. The summed E-state index contributed by atoms with van der Waals surface area (Å²) in [7, 11) is -3.52. The highest BCUT2D eigenvalue weighted by Crippen LogP contribution is 2.30. The second kappa shape index (κ2) is 9.73. The van der Waals surface area contributed by atoms with E-state index in [2.05, 4.69) is 6.92 Å². The molecule has 0 N–H and O–H groups in total. The Morgan fingerprint density at radius 1 is 1.05 bits per heavy atom. The summed E-state index contributed by atoms with van der Waals surface area (Å²) >= 11 is 1.92. The van der Waals surface area contributed by atoms with Crippen molar-refractivity contribution in [1.82, 2.24) is 0 Å². The van der Waals surface area contributed by atoms with Gasteiger partial charge in [0.15, 0.2) is 3.26 Å². The van der Waals surface area contributed by atoms with Crippen molar-refractivity contribution < 1.29 is 12.6 Å². The summed E-state index contributed by atoms with van der Waals surface area (Å²) in [5.41, 5.74) is 0.760. The number of rotatable bonds is 10. The zero-order valence-corrected chi connectivity index (χ0v) is 14.9. The molecule has 0 amide bonds. The number of hydrogen-bond donors (Lipinski definition) is 0. The van der Waals surface area contributed by atoms with E-state index >= 15 is 0 Å². The van der Waals surface area contributed by atoms with Gasteiger partial charge in [-0.3, -0.25) is 4.18 Å². The summed E-state index contributed by atoms with van der Waals surface area (Å²) in [6.07, 6.45) is 6.70. The first-order valence-electron chi connectivity index (χ1n) is 7.15. The van der Waals surface area contributed by atoms with Gasteiger partial charge in [-0.15, -0.1) is 0 Å². The van der Waals surface area contributed by atoms with Gasteiger partial charge >= 0.3 is 0 Å². The lowest BCUT2D eigenvalue weighted by Crippen LogP contribution is -2.12. The van der Waals surface area contributed by atoms with Crippen LogP contribution in [0.25, 0.3) is 0 Å². The molecule has 114 valence electrons. The van der Waals surface area contributed by atoms with E-state index in [1.807, 2.05) is 52.9 Å². The van der Waals surface area contributed by atoms with Crippen molar-refractivity contribution >= 4 is 32.7 Å². The van der Waals surface area contributed by atoms with Gasteiger partial charge in [-0.05, 0) is 12.0 Å². The van der Waals surface area contributed by atoms with Gasteiger partial charge in [-0.2, -0.15) is 8.42 Å². The fraction of sp³-hybridized carbons (Fsp3) is 0.600. The molecule has 1 aromatic carbocycles. The molecule has 20 heavy (non-hydrogen) atoms. The minimum Gasteiger partial charge on any atom is -0.269 e. The highest BCUT2D eigenvalue weighted by atomic mass is 127. The normalized spacial score (nSPS) is 13.3. The van der Waals surface area contributed by atoms with Gasteiger partial charge in [0.25, 0.3) is 10.1 Å². The van der Waals surface area contributed by atoms with Crippen LogP contribution in [0.3, 0.4) is 0 Å². The van der Waals surface area contributed by atoms with Crippen LogP contribution < -0.4 is 0 Å². The number of halogens is 1. The van der Waals surface area contributed by atoms with Gasteiger partial charge in [0.2, 0.25) is 0 Å². The lowest BCUT2D eigenvalue weighted by Gasteiger charge is -2.11. The Balaban J connectivity index is 2.31. The maximum absolute atomic E-state index is 12.0. The quantitative estimate of drug-likeness (QED) is 0.240. The molecule has 3 nitrogen and oxygen atoms in total. The number of alkyl halides is 1. The van der Waals surface area contributed by atoms with Crippen LogP contribution >= 0.6 is 22.6 Å². The maximum Gasteiger partial charge on any atom is 0.283 e. The van der Waals surface area contributed by atoms with Gasteiger partial charge in [-0.1, -0.05) is 92.0 Å². The van der Waals surface area contributed by atoms with Crippen LogP contribution in [0.15, 0.2) is 30.3 Å². The predicted octanol–water partition coefficient (Wildman–Crippen LogP) is 4.83. The second-order valence-electron chi connectivity index (χ2n) is 4.81. The van der Waals surface area contributed by atoms with E-state index in [0.29, 0.717) is 6.61 Å². The lowest BCUT2D eigenvalue weighted by atomic mass is 10.1. The van der Waals surface area contributed by atoms with Gasteiger partial charge in [0.05, 0.1) is 6.61 Å². The number of hydrogen-bond acceptors (Lipinski definition) is 3. The number of benzene rings is 1. The van der Waals surface area contributed by atoms with Crippen LogP contribution in [0.5, 0.6) is 0 Å². The van der Waals surface area contributed by atoms with Crippen molar-refractivity contribution in [3.63, 3.8) is 0 Å². The summed E-state index contributed by atoms with van der Waals surface area (Å²) < 4.78 is 28.6. The third kappa shape index (κ3) is 6.54. The van der Waals surface area contributed by atoms with E-state index in [4.69, 9.17) is 4.18 Å². The maximum atomic E-state index is 12.0. The first kappa shape index (κ1) is 17.9. The molecule has 0 spiro atoms. The van der Waals surface area contributed by atoms with Crippen molar-refractivity contribution in [2.45, 2.75) is 48.7 Å². The van der Waals surface area contributed by atoms with Crippen LogP contribution in [-0.4, -0.2) is 15.0 Å². The van der Waals surface area contributed by atoms with Crippen LogP contribution in [0, 0.1) is 0 Å². The Bertz CT molecular complexity index is 459. The Labute approximate surface area is 136 Å². The molecule has 0 aliphatic heterocycles. The summed E-state index contributed by atoms with van der Waals surface area (Å²) in [4.78, 5) is 0. The highest BCUT2D eigenvalue weighted by molar-refractivity contribution is 14.1. The molecule has 0 aromatic heterocycles. The molecule has 0 heterocycles. The number of unbranched alkanes of at least 4 members (excludes halogenated alkanes) is 5. The van der Waals surface area contributed by atoms with Gasteiger partial charge in [0.1, 0.15) is 0 Å². The molecule has 0 bridgehead atoms. The van der Waals surface area contributed by atoms with E-state index in [0.717, 1.165) is 24.8 Å². The minimum absolute atomic E-state index is 0.292. The lowest BCUT2D eigenvalue weighted by molar-refractivity contribution is 0.306. The average Bonchev–Trinajstić information content (AvgIpc) is 2.46. The molecule has 5 heteroatoms. The van der Waals surface area contributed by atoms with E-state index in [9.17, 15) is 8.42 Å². The average molecular weight is 410 g/mol. The summed E-state index contributed by atoms with van der Waals surface area (Å²) in [6.45, 7) is 2.47. The Hall–Kier alpha value is -0.140. The highest BCUT2D eigenvalue weighted by Gasteiger charge is 2.24. The molecule has 1 rings (SSSR count). The molecule has 0 aliphatic rings. The molecule has 0 saturated carbocycles. The topological polar surface area (TPSA) is 43.4 Å². The van der Waals surface area contributed by atoms with Crippen molar-refractivity contribution in [3.05, 3.63) is 35.9 Å². The van der Waals surface area contributed by atoms with E-state index in [1.54, 1.807) is 0 Å². The Morgan fingerprint density at radius 3 is 2.30 bits per heavy atom. The van der Waals surface area contributed by atoms with Crippen LogP contribution in [0.4, 0.5) is 0 Å². The fourth-order valence-electron chi connectivity index (χ4n) is 1.89. The molecule has 0 saturated heterocycles. The Morgan fingerprint density at radius 2 is 1.65 bits per heavy atom. The van der Waals surface area contributed by atoms with Gasteiger partial charge in [-0.25, -0.2) is 0 Å². The zero-order valence-electron chi connectivity index (χ0n) is 11.9. The molecule has 0 aliphatic carbocycles. The summed E-state index contributed by atoms with van der Waals surface area (Å²) in [5.74, 6) is 0. The van der Waals surface area contributed by atoms with Crippen molar-refractivity contribution in [1.29, 1.82) is 0 Å². The smallest absolute Gasteiger partial charge is 0.269 e. The monoisotopic (exact) mass is 410 g/mol. The van der Waals surface area contributed by atoms with Crippen LogP contribution in [0.2, 0.25) is 0 Å². The third-order valence-electron chi connectivity index (χ3n) is 3.06. The van der Waals surface area contributed by atoms with Gasteiger partial charge in [0, 0.05) is 0 Å². The minimum atomic E-state index is -3.52. The van der Waals surface area contributed by atoms with E-state index in [-0.39, 0.29) is 0 Å².